The minimum Gasteiger partial charge on any atom is -0.444 e. The molecule has 11 heteroatoms. The Kier molecular flexibility index (Phi) is 7.70. The summed E-state index contributed by atoms with van der Waals surface area (Å²) in [5.74, 6) is 0.262. The van der Waals surface area contributed by atoms with Crippen LogP contribution in [-0.4, -0.2) is 30.6 Å². The summed E-state index contributed by atoms with van der Waals surface area (Å²) in [6.45, 7) is 10.9. The van der Waals surface area contributed by atoms with E-state index in [0.29, 0.717) is 15.9 Å². The maximum Gasteiger partial charge on any atom is 0.413 e. The number of fused-ring (bicyclic) bond motifs is 1. The fraction of sp³-hybridized carbons (Fsp3) is 0.409. The lowest BCUT2D eigenvalue weighted by atomic mass is 10.1. The summed E-state index contributed by atoms with van der Waals surface area (Å²) in [5, 5.41) is 4.28. The van der Waals surface area contributed by atoms with Gasteiger partial charge >= 0.3 is 6.09 Å². The average Bonchev–Trinajstić information content (AvgIpc) is 3.11. The third-order valence-electron chi connectivity index (χ3n) is 4.25. The van der Waals surface area contributed by atoms with E-state index in [1.54, 1.807) is 39.1 Å². The lowest BCUT2D eigenvalue weighted by Gasteiger charge is -2.24. The van der Waals surface area contributed by atoms with Crippen molar-refractivity contribution in [1.82, 2.24) is 14.7 Å². The van der Waals surface area contributed by atoms with Crippen LogP contribution in [0.5, 0.6) is 0 Å². The number of thiophene rings is 1. The van der Waals surface area contributed by atoms with Gasteiger partial charge in [0, 0.05) is 11.1 Å². The van der Waals surface area contributed by atoms with Gasteiger partial charge in [-0.2, -0.15) is 0 Å². The maximum atomic E-state index is 13.0. The SMILES string of the molecule is CC(C)(C)OC(=O)Nc1ccc(Cl)c(C(N[S@](=O)C(C)(C)C)c2cc3ccnc(Cl)c3s2)n1. The molecule has 3 aromatic rings. The predicted octanol–water partition coefficient (Wildman–Crippen LogP) is 6.49. The molecule has 0 radical (unpaired) electrons. The van der Waals surface area contributed by atoms with Crippen LogP contribution in [0.2, 0.25) is 10.2 Å². The number of nitrogens with one attached hydrogen (secondary N) is 2. The van der Waals surface area contributed by atoms with Crippen molar-refractivity contribution in [3.05, 3.63) is 51.2 Å². The minimum atomic E-state index is -1.44. The Bertz CT molecular complexity index is 1200. The molecule has 0 aromatic carbocycles. The molecule has 1 amide bonds. The van der Waals surface area contributed by atoms with Crippen LogP contribution in [0.25, 0.3) is 10.1 Å². The fourth-order valence-corrected chi connectivity index (χ4v) is 5.23. The molecule has 0 aliphatic carbocycles. The zero-order valence-corrected chi connectivity index (χ0v) is 22.3. The molecule has 33 heavy (non-hydrogen) atoms. The van der Waals surface area contributed by atoms with E-state index in [4.69, 9.17) is 27.9 Å². The number of hydrogen-bond acceptors (Lipinski definition) is 6. The summed E-state index contributed by atoms with van der Waals surface area (Å²) < 4.78 is 21.8. The maximum absolute atomic E-state index is 13.0. The topological polar surface area (TPSA) is 93.2 Å². The van der Waals surface area contributed by atoms with Crippen molar-refractivity contribution in [2.75, 3.05) is 5.32 Å². The molecule has 178 valence electrons. The van der Waals surface area contributed by atoms with Crippen LogP contribution < -0.4 is 10.0 Å². The quantitative estimate of drug-likeness (QED) is 0.369. The van der Waals surface area contributed by atoms with Crippen molar-refractivity contribution in [3.63, 3.8) is 0 Å². The first-order valence-corrected chi connectivity index (χ1v) is 12.9. The fourth-order valence-electron chi connectivity index (χ4n) is 2.76. The number of carbonyl (C=O) groups is 1. The van der Waals surface area contributed by atoms with E-state index < -0.39 is 33.5 Å². The number of halogens is 2. The van der Waals surface area contributed by atoms with Crippen LogP contribution in [0, 0.1) is 0 Å². The van der Waals surface area contributed by atoms with Crippen LogP contribution in [0.15, 0.2) is 30.5 Å². The van der Waals surface area contributed by atoms with Crippen molar-refractivity contribution in [2.45, 2.75) is 57.9 Å². The molecule has 3 heterocycles. The van der Waals surface area contributed by atoms with Crippen molar-refractivity contribution < 1.29 is 13.7 Å². The number of anilines is 1. The number of ether oxygens (including phenoxy) is 1. The summed E-state index contributed by atoms with van der Waals surface area (Å²) in [7, 11) is -1.44. The molecular formula is C22H26Cl2N4O3S2. The molecule has 7 nitrogen and oxygen atoms in total. The molecule has 2 N–H and O–H groups in total. The number of pyridine rings is 2. The lowest BCUT2D eigenvalue weighted by Crippen LogP contribution is -2.36. The molecular weight excluding hydrogens is 503 g/mol. The minimum absolute atomic E-state index is 0.262. The Labute approximate surface area is 209 Å². The first kappa shape index (κ1) is 25.8. The van der Waals surface area contributed by atoms with E-state index in [9.17, 15) is 9.00 Å². The second-order valence-electron chi connectivity index (χ2n) is 9.29. The molecule has 0 spiro atoms. The normalized spacial score (nSPS) is 14.2. The van der Waals surface area contributed by atoms with Crippen molar-refractivity contribution >= 4 is 67.5 Å². The van der Waals surface area contributed by atoms with Crippen LogP contribution in [-0.2, 0) is 15.7 Å². The van der Waals surface area contributed by atoms with E-state index in [2.05, 4.69) is 20.0 Å². The summed E-state index contributed by atoms with van der Waals surface area (Å²) in [4.78, 5) is 21.7. The number of aromatic nitrogens is 2. The summed E-state index contributed by atoms with van der Waals surface area (Å²) in [6, 6.07) is 6.39. The predicted molar refractivity (Wildman–Crippen MR) is 137 cm³/mol. The summed E-state index contributed by atoms with van der Waals surface area (Å²) in [6.07, 6.45) is 0.999. The van der Waals surface area contributed by atoms with Crippen LogP contribution in [0.3, 0.4) is 0 Å². The van der Waals surface area contributed by atoms with Crippen molar-refractivity contribution in [3.8, 4) is 0 Å². The van der Waals surface area contributed by atoms with Gasteiger partial charge in [-0.1, -0.05) is 23.2 Å². The molecule has 1 unspecified atom stereocenters. The Morgan fingerprint density at radius 2 is 1.85 bits per heavy atom. The largest absolute Gasteiger partial charge is 0.444 e. The number of rotatable bonds is 5. The van der Waals surface area contributed by atoms with Gasteiger partial charge in [-0.05, 0) is 71.2 Å². The van der Waals surface area contributed by atoms with E-state index in [1.807, 2.05) is 32.9 Å². The van der Waals surface area contributed by atoms with Gasteiger partial charge in [-0.3, -0.25) is 5.32 Å². The monoisotopic (exact) mass is 528 g/mol. The summed E-state index contributed by atoms with van der Waals surface area (Å²) >= 11 is 14.2. The average molecular weight is 530 g/mol. The molecule has 0 aliphatic heterocycles. The Morgan fingerprint density at radius 1 is 1.15 bits per heavy atom. The number of amides is 1. The molecule has 3 rings (SSSR count). The molecule has 0 bridgehead atoms. The van der Waals surface area contributed by atoms with E-state index in [-0.39, 0.29) is 5.82 Å². The Morgan fingerprint density at radius 3 is 2.45 bits per heavy atom. The van der Waals surface area contributed by atoms with E-state index in [1.165, 1.54) is 11.3 Å². The van der Waals surface area contributed by atoms with Gasteiger partial charge in [0.1, 0.15) is 16.6 Å². The lowest BCUT2D eigenvalue weighted by molar-refractivity contribution is 0.0635. The third kappa shape index (κ3) is 6.64. The van der Waals surface area contributed by atoms with Gasteiger partial charge in [0.05, 0.1) is 37.2 Å². The van der Waals surface area contributed by atoms with Gasteiger partial charge in [0.25, 0.3) is 0 Å². The third-order valence-corrected chi connectivity index (χ3v) is 7.75. The zero-order chi connectivity index (χ0) is 24.6. The van der Waals surface area contributed by atoms with E-state index in [0.717, 1.165) is 15.0 Å². The van der Waals surface area contributed by atoms with Crippen LogP contribution in [0.1, 0.15) is 58.2 Å². The standard InChI is InChI=1S/C22H26Cl2N4O3S2/c1-21(2,3)31-20(29)27-15-8-7-13(23)16(26-15)17(28-33(30)22(4,5)6)14-11-12-9-10-25-19(24)18(12)32-14/h7-11,17,28H,1-6H3,(H,26,27,29)/t17?,33-/m1/s1. The van der Waals surface area contributed by atoms with Crippen LogP contribution >= 0.6 is 34.5 Å². The van der Waals surface area contributed by atoms with Gasteiger partial charge in [0.15, 0.2) is 0 Å². The van der Waals surface area contributed by atoms with Crippen LogP contribution in [0.4, 0.5) is 10.6 Å². The van der Waals surface area contributed by atoms with Crippen molar-refractivity contribution in [2.24, 2.45) is 0 Å². The second kappa shape index (κ2) is 9.84. The highest BCUT2D eigenvalue weighted by atomic mass is 35.5. The number of nitrogens with zero attached hydrogens (tertiary/aromatic N) is 2. The number of hydrogen-bond donors (Lipinski definition) is 2. The van der Waals surface area contributed by atoms with Gasteiger partial charge in [-0.15, -0.1) is 11.3 Å². The number of carbonyl (C=O) groups excluding carboxylic acids is 1. The molecule has 3 aromatic heterocycles. The van der Waals surface area contributed by atoms with Gasteiger partial charge < -0.3 is 4.74 Å². The first-order chi connectivity index (χ1) is 15.2. The van der Waals surface area contributed by atoms with Gasteiger partial charge in [0.2, 0.25) is 0 Å². The molecule has 2 atom stereocenters. The molecule has 0 aliphatic rings. The molecule has 0 fully saturated rings. The molecule has 0 saturated carbocycles. The summed E-state index contributed by atoms with van der Waals surface area (Å²) in [5.41, 5.74) is -0.240. The molecule has 0 saturated heterocycles. The van der Waals surface area contributed by atoms with Gasteiger partial charge in [-0.25, -0.2) is 23.7 Å². The van der Waals surface area contributed by atoms with E-state index >= 15 is 0 Å². The highest BCUT2D eigenvalue weighted by Crippen LogP contribution is 2.38. The highest BCUT2D eigenvalue weighted by molar-refractivity contribution is 7.84. The second-order valence-corrected chi connectivity index (χ2v) is 13.1. The highest BCUT2D eigenvalue weighted by Gasteiger charge is 2.29. The Hall–Kier alpha value is -1.78. The zero-order valence-electron chi connectivity index (χ0n) is 19.2. The van der Waals surface area contributed by atoms with Crippen molar-refractivity contribution in [1.29, 1.82) is 0 Å². The Balaban J connectivity index is 2.05. The first-order valence-electron chi connectivity index (χ1n) is 10.1. The smallest absolute Gasteiger partial charge is 0.413 e.